The van der Waals surface area contributed by atoms with Gasteiger partial charge in [0, 0.05) is 11.6 Å². The molecule has 0 unspecified atom stereocenters. The highest BCUT2D eigenvalue weighted by molar-refractivity contribution is 5.87. The Balaban J connectivity index is 0. The molecule has 0 spiro atoms. The first-order valence-corrected chi connectivity index (χ1v) is 3.56. The third-order valence-corrected chi connectivity index (χ3v) is 1.12. The number of rotatable bonds is 2. The van der Waals surface area contributed by atoms with Gasteiger partial charge in [-0.15, -0.1) is 0 Å². The summed E-state index contributed by atoms with van der Waals surface area (Å²) < 4.78 is 4.40. The lowest BCUT2D eigenvalue weighted by Gasteiger charge is -1.93. The van der Waals surface area contributed by atoms with E-state index in [0.717, 1.165) is 6.08 Å². The van der Waals surface area contributed by atoms with Crippen molar-refractivity contribution in [2.24, 2.45) is 0 Å². The number of carboxylic acids is 1. The molecule has 0 bridgehead atoms. The Morgan fingerprint density at radius 3 is 1.92 bits per heavy atom. The Kier molecular flexibility index (Phi) is 9.15. The number of carbonyl (C=O) groups is 2. The van der Waals surface area contributed by atoms with Gasteiger partial charge in [-0.3, -0.25) is 0 Å². The monoisotopic (exact) mass is 186 g/mol. The predicted molar refractivity (Wildman–Crippen MR) is 49.3 cm³/mol. The molecule has 0 saturated carbocycles. The maximum absolute atomic E-state index is 10.5. The normalized spacial score (nSPS) is 9.31. The highest BCUT2D eigenvalue weighted by Crippen LogP contribution is 1.92. The van der Waals surface area contributed by atoms with Crippen LogP contribution in [-0.2, 0) is 14.3 Å². The summed E-state index contributed by atoms with van der Waals surface area (Å²) in [6, 6.07) is 0. The molecule has 0 heterocycles. The number of methoxy groups -OCH3 is 1. The van der Waals surface area contributed by atoms with Crippen molar-refractivity contribution >= 4 is 11.9 Å². The van der Waals surface area contributed by atoms with E-state index in [1.807, 2.05) is 0 Å². The first-order chi connectivity index (χ1) is 5.99. The van der Waals surface area contributed by atoms with Crippen molar-refractivity contribution in [1.29, 1.82) is 0 Å². The predicted octanol–water partition coefficient (Wildman–Crippen LogP) is 1.38. The largest absolute Gasteiger partial charge is 0.478 e. The summed E-state index contributed by atoms with van der Waals surface area (Å²) in [6.07, 6.45) is 2.55. The number of hydrogen-bond donors (Lipinski definition) is 1. The van der Waals surface area contributed by atoms with Crippen LogP contribution in [0.2, 0.25) is 0 Å². The van der Waals surface area contributed by atoms with E-state index in [9.17, 15) is 9.59 Å². The molecular formula is C9H14O4. The van der Waals surface area contributed by atoms with Gasteiger partial charge in [-0.05, 0) is 13.8 Å². The van der Waals surface area contributed by atoms with Gasteiger partial charge in [-0.25, -0.2) is 9.59 Å². The number of carboxylic acid groups (broad SMARTS) is 1. The first-order valence-electron chi connectivity index (χ1n) is 3.56. The Bertz CT molecular complexity index is 216. The fourth-order valence-corrected chi connectivity index (χ4v) is 0.279. The molecular weight excluding hydrogens is 172 g/mol. The van der Waals surface area contributed by atoms with Gasteiger partial charge < -0.3 is 9.84 Å². The molecule has 0 amide bonds. The quantitative estimate of drug-likeness (QED) is 0.522. The summed E-state index contributed by atoms with van der Waals surface area (Å²) in [5, 5.41) is 7.60. The molecule has 1 N–H and O–H groups in total. The van der Waals surface area contributed by atoms with E-state index in [-0.39, 0.29) is 5.97 Å². The molecule has 0 aromatic rings. The van der Waals surface area contributed by atoms with Gasteiger partial charge in [-0.1, -0.05) is 12.7 Å². The van der Waals surface area contributed by atoms with Crippen molar-refractivity contribution in [3.8, 4) is 0 Å². The van der Waals surface area contributed by atoms with Gasteiger partial charge in [0.15, 0.2) is 0 Å². The van der Waals surface area contributed by atoms with Crippen molar-refractivity contribution < 1.29 is 19.4 Å². The van der Waals surface area contributed by atoms with Gasteiger partial charge >= 0.3 is 11.9 Å². The SMILES string of the molecule is C=CC(=O)O.CC=C(C)C(=O)OC. The highest BCUT2D eigenvalue weighted by atomic mass is 16.5. The summed E-state index contributed by atoms with van der Waals surface area (Å²) in [7, 11) is 1.37. The second-order valence-corrected chi connectivity index (χ2v) is 2.01. The number of aliphatic carboxylic acids is 1. The summed E-state index contributed by atoms with van der Waals surface area (Å²) in [5.74, 6) is -1.24. The summed E-state index contributed by atoms with van der Waals surface area (Å²) in [5.41, 5.74) is 0.646. The lowest BCUT2D eigenvalue weighted by molar-refractivity contribution is -0.136. The van der Waals surface area contributed by atoms with Gasteiger partial charge in [0.05, 0.1) is 7.11 Å². The van der Waals surface area contributed by atoms with Crippen LogP contribution < -0.4 is 0 Å². The van der Waals surface area contributed by atoms with Crippen LogP contribution in [0.3, 0.4) is 0 Å². The van der Waals surface area contributed by atoms with Crippen molar-refractivity contribution in [2.75, 3.05) is 7.11 Å². The Hall–Kier alpha value is -1.58. The van der Waals surface area contributed by atoms with E-state index >= 15 is 0 Å². The molecule has 0 atom stereocenters. The van der Waals surface area contributed by atoms with E-state index < -0.39 is 5.97 Å². The number of esters is 1. The van der Waals surface area contributed by atoms with Crippen LogP contribution in [0.5, 0.6) is 0 Å². The topological polar surface area (TPSA) is 63.6 Å². The zero-order chi connectivity index (χ0) is 10.9. The fraction of sp³-hybridized carbons (Fsp3) is 0.333. The number of hydrogen-bond acceptors (Lipinski definition) is 3. The van der Waals surface area contributed by atoms with E-state index in [2.05, 4.69) is 11.3 Å². The summed E-state index contributed by atoms with van der Waals surface area (Å²) in [4.78, 5) is 19.7. The molecule has 0 saturated heterocycles. The third kappa shape index (κ3) is 10.4. The second-order valence-electron chi connectivity index (χ2n) is 2.01. The van der Waals surface area contributed by atoms with Gasteiger partial charge in [0.2, 0.25) is 0 Å². The van der Waals surface area contributed by atoms with Crippen molar-refractivity contribution in [1.82, 2.24) is 0 Å². The minimum atomic E-state index is -0.981. The molecule has 0 radical (unpaired) electrons. The molecule has 0 fully saturated rings. The fourth-order valence-electron chi connectivity index (χ4n) is 0.279. The van der Waals surface area contributed by atoms with Crippen molar-refractivity contribution in [3.63, 3.8) is 0 Å². The molecule has 13 heavy (non-hydrogen) atoms. The van der Waals surface area contributed by atoms with E-state index in [1.54, 1.807) is 19.9 Å². The summed E-state index contributed by atoms with van der Waals surface area (Å²) >= 11 is 0. The molecule has 4 heteroatoms. The third-order valence-electron chi connectivity index (χ3n) is 1.12. The minimum Gasteiger partial charge on any atom is -0.478 e. The van der Waals surface area contributed by atoms with Crippen LogP contribution in [0.1, 0.15) is 13.8 Å². The molecule has 0 aromatic carbocycles. The van der Waals surface area contributed by atoms with Crippen LogP contribution in [0.15, 0.2) is 24.3 Å². The van der Waals surface area contributed by atoms with E-state index in [1.165, 1.54) is 7.11 Å². The van der Waals surface area contributed by atoms with E-state index in [4.69, 9.17) is 5.11 Å². The number of ether oxygens (including phenoxy) is 1. The molecule has 0 aliphatic heterocycles. The smallest absolute Gasteiger partial charge is 0.333 e. The summed E-state index contributed by atoms with van der Waals surface area (Å²) in [6.45, 7) is 6.47. The lowest BCUT2D eigenvalue weighted by Crippen LogP contribution is -2.00. The molecule has 0 rings (SSSR count). The second kappa shape index (κ2) is 8.52. The zero-order valence-electron chi connectivity index (χ0n) is 8.03. The number of allylic oxidation sites excluding steroid dienone is 1. The average molecular weight is 186 g/mol. The van der Waals surface area contributed by atoms with Crippen LogP contribution in [-0.4, -0.2) is 24.2 Å². The molecule has 0 aliphatic carbocycles. The maximum atomic E-state index is 10.5. The number of carbonyl (C=O) groups excluding carboxylic acids is 1. The first kappa shape index (κ1) is 14.0. The van der Waals surface area contributed by atoms with Crippen molar-refractivity contribution in [2.45, 2.75) is 13.8 Å². The lowest BCUT2D eigenvalue weighted by atomic mass is 10.3. The Morgan fingerprint density at radius 1 is 1.46 bits per heavy atom. The van der Waals surface area contributed by atoms with Crippen LogP contribution in [0, 0.1) is 0 Å². The maximum Gasteiger partial charge on any atom is 0.333 e. The minimum absolute atomic E-state index is 0.257. The Labute approximate surface area is 77.5 Å². The standard InChI is InChI=1S/C6H10O2.C3H4O2/c1-4-5(2)6(7)8-3;1-2-3(4)5/h4H,1-3H3;2H,1H2,(H,4,5). The van der Waals surface area contributed by atoms with E-state index in [0.29, 0.717) is 5.57 Å². The molecule has 4 nitrogen and oxygen atoms in total. The zero-order valence-corrected chi connectivity index (χ0v) is 8.03. The highest BCUT2D eigenvalue weighted by Gasteiger charge is 1.98. The van der Waals surface area contributed by atoms with Gasteiger partial charge in [-0.2, -0.15) is 0 Å². The molecule has 74 valence electrons. The van der Waals surface area contributed by atoms with Crippen LogP contribution in [0.25, 0.3) is 0 Å². The van der Waals surface area contributed by atoms with Gasteiger partial charge in [0.25, 0.3) is 0 Å². The van der Waals surface area contributed by atoms with Crippen LogP contribution >= 0.6 is 0 Å². The average Bonchev–Trinajstić information content (AvgIpc) is 2.16. The van der Waals surface area contributed by atoms with Crippen LogP contribution in [0.4, 0.5) is 0 Å². The Morgan fingerprint density at radius 2 is 1.85 bits per heavy atom. The van der Waals surface area contributed by atoms with Gasteiger partial charge in [0.1, 0.15) is 0 Å². The molecule has 0 aromatic heterocycles. The van der Waals surface area contributed by atoms with Crippen molar-refractivity contribution in [3.05, 3.63) is 24.3 Å². The molecule has 0 aliphatic rings.